The molecule has 0 unspecified atom stereocenters. The summed E-state index contributed by atoms with van der Waals surface area (Å²) >= 11 is 0. The quantitative estimate of drug-likeness (QED) is 0.615. The molecule has 0 radical (unpaired) electrons. The molecule has 0 spiro atoms. The molecule has 1 fully saturated rings. The number of tetrazole rings is 1. The highest BCUT2D eigenvalue weighted by atomic mass is 32.2. The first-order chi connectivity index (χ1) is 14.3. The molecule has 0 amide bonds. The second kappa shape index (κ2) is 8.21. The van der Waals surface area contributed by atoms with Gasteiger partial charge in [0.15, 0.2) is 5.82 Å². The third kappa shape index (κ3) is 4.11. The Morgan fingerprint density at radius 2 is 1.70 bits per heavy atom. The van der Waals surface area contributed by atoms with Crippen molar-refractivity contribution in [2.45, 2.75) is 25.3 Å². The van der Waals surface area contributed by atoms with Crippen molar-refractivity contribution < 1.29 is 12.8 Å². The topological polar surface area (TPSA) is 84.2 Å². The number of nitrogens with zero attached hydrogens (tertiary/aromatic N) is 6. The normalized spacial score (nSPS) is 16.1. The largest absolute Gasteiger partial charge is 0.293 e. The molecule has 8 nitrogen and oxygen atoms in total. The second-order valence-electron chi connectivity index (χ2n) is 7.43. The lowest BCUT2D eigenvalue weighted by Gasteiger charge is -2.33. The van der Waals surface area contributed by atoms with Crippen LogP contribution in [0.2, 0.25) is 0 Å². The minimum Gasteiger partial charge on any atom is -0.293 e. The maximum absolute atomic E-state index is 13.2. The Morgan fingerprint density at radius 3 is 2.40 bits per heavy atom. The Hall–Kier alpha value is -2.69. The number of halogens is 1. The zero-order valence-electron chi connectivity index (χ0n) is 16.9. The van der Waals surface area contributed by atoms with Crippen LogP contribution in [0.4, 0.5) is 4.39 Å². The van der Waals surface area contributed by atoms with Crippen molar-refractivity contribution in [1.82, 2.24) is 29.4 Å². The Labute approximate surface area is 175 Å². The maximum atomic E-state index is 13.2. The first-order valence-electron chi connectivity index (χ1n) is 9.67. The first kappa shape index (κ1) is 20.6. The van der Waals surface area contributed by atoms with Crippen LogP contribution in [-0.4, -0.2) is 64.0 Å². The third-order valence-corrected chi connectivity index (χ3v) is 7.30. The van der Waals surface area contributed by atoms with Gasteiger partial charge in [-0.25, -0.2) is 12.8 Å². The highest BCUT2D eigenvalue weighted by molar-refractivity contribution is 7.89. The summed E-state index contributed by atoms with van der Waals surface area (Å²) in [5, 5.41) is 11.8. The number of aryl methyl sites for hydroxylation is 2. The molecule has 30 heavy (non-hydrogen) atoms. The molecule has 158 valence electrons. The number of piperazine rings is 1. The molecule has 1 aromatic heterocycles. The van der Waals surface area contributed by atoms with Crippen molar-refractivity contribution in [3.05, 3.63) is 65.2 Å². The van der Waals surface area contributed by atoms with Crippen molar-refractivity contribution in [1.29, 1.82) is 0 Å². The summed E-state index contributed by atoms with van der Waals surface area (Å²) in [6.45, 7) is 6.11. The van der Waals surface area contributed by atoms with Gasteiger partial charge in [-0.3, -0.25) is 4.90 Å². The molecule has 0 aliphatic carbocycles. The maximum Gasteiger partial charge on any atom is 0.243 e. The lowest BCUT2D eigenvalue weighted by molar-refractivity contribution is 0.177. The van der Waals surface area contributed by atoms with Crippen molar-refractivity contribution in [2.24, 2.45) is 0 Å². The van der Waals surface area contributed by atoms with E-state index in [0.717, 1.165) is 11.1 Å². The minimum atomic E-state index is -3.53. The van der Waals surface area contributed by atoms with Gasteiger partial charge in [-0.05, 0) is 65.7 Å². The van der Waals surface area contributed by atoms with E-state index in [0.29, 0.717) is 49.1 Å². The molecular formula is C20H23FN6O2S. The lowest BCUT2D eigenvalue weighted by Crippen LogP contribution is -2.48. The van der Waals surface area contributed by atoms with E-state index in [1.54, 1.807) is 22.9 Å². The van der Waals surface area contributed by atoms with Crippen LogP contribution >= 0.6 is 0 Å². The van der Waals surface area contributed by atoms with E-state index in [2.05, 4.69) is 20.4 Å². The number of rotatable bonds is 5. The highest BCUT2D eigenvalue weighted by Gasteiger charge is 2.30. The predicted octanol–water partition coefficient (Wildman–Crippen LogP) is 1.92. The van der Waals surface area contributed by atoms with Gasteiger partial charge in [-0.1, -0.05) is 12.1 Å². The van der Waals surface area contributed by atoms with Crippen molar-refractivity contribution in [2.75, 3.05) is 26.2 Å². The van der Waals surface area contributed by atoms with E-state index in [1.165, 1.54) is 16.4 Å². The van der Waals surface area contributed by atoms with E-state index in [-0.39, 0.29) is 5.82 Å². The Bertz CT molecular complexity index is 1140. The van der Waals surface area contributed by atoms with E-state index in [1.807, 2.05) is 26.0 Å². The molecule has 0 bridgehead atoms. The Kier molecular flexibility index (Phi) is 5.63. The molecular weight excluding hydrogens is 407 g/mol. The van der Waals surface area contributed by atoms with Crippen molar-refractivity contribution in [3.63, 3.8) is 0 Å². The smallest absolute Gasteiger partial charge is 0.243 e. The molecule has 3 aromatic rings. The van der Waals surface area contributed by atoms with E-state index >= 15 is 0 Å². The highest BCUT2D eigenvalue weighted by Crippen LogP contribution is 2.23. The van der Waals surface area contributed by atoms with Crippen LogP contribution in [0.25, 0.3) is 5.69 Å². The number of benzene rings is 2. The summed E-state index contributed by atoms with van der Waals surface area (Å²) in [6.07, 6.45) is 0. The molecule has 0 N–H and O–H groups in total. The van der Waals surface area contributed by atoms with Gasteiger partial charge in [0.05, 0.1) is 17.1 Å². The number of hydrogen-bond acceptors (Lipinski definition) is 6. The number of hydrogen-bond donors (Lipinski definition) is 0. The Balaban J connectivity index is 1.44. The standard InChI is InChI=1S/C20H23FN6O2S/c1-15-3-4-16(2)19(13-15)30(28,29)26-11-9-25(10-12-26)14-20-22-23-24-27(20)18-7-5-17(21)6-8-18/h3-8,13H,9-12,14H2,1-2H3. The predicted molar refractivity (Wildman–Crippen MR) is 109 cm³/mol. The monoisotopic (exact) mass is 430 g/mol. The van der Waals surface area contributed by atoms with E-state index in [9.17, 15) is 12.8 Å². The molecule has 1 saturated heterocycles. The van der Waals surface area contributed by atoms with Crippen molar-refractivity contribution >= 4 is 10.0 Å². The van der Waals surface area contributed by atoms with Gasteiger partial charge in [0.25, 0.3) is 0 Å². The minimum absolute atomic E-state index is 0.324. The van der Waals surface area contributed by atoms with Gasteiger partial charge < -0.3 is 0 Å². The fourth-order valence-electron chi connectivity index (χ4n) is 3.54. The molecule has 2 heterocycles. The van der Waals surface area contributed by atoms with Gasteiger partial charge in [0, 0.05) is 26.2 Å². The third-order valence-electron chi connectivity index (χ3n) is 5.26. The molecule has 1 aliphatic rings. The molecule has 10 heteroatoms. The summed E-state index contributed by atoms with van der Waals surface area (Å²) in [5.74, 6) is 0.294. The van der Waals surface area contributed by atoms with Crippen LogP contribution in [0.3, 0.4) is 0 Å². The van der Waals surface area contributed by atoms with Crippen LogP contribution in [-0.2, 0) is 16.6 Å². The molecule has 0 saturated carbocycles. The summed E-state index contributed by atoms with van der Waals surface area (Å²) < 4.78 is 42.5. The summed E-state index contributed by atoms with van der Waals surface area (Å²) in [7, 11) is -3.53. The SMILES string of the molecule is Cc1ccc(C)c(S(=O)(=O)N2CCN(Cc3nnnn3-c3ccc(F)cc3)CC2)c1. The molecule has 0 atom stereocenters. The van der Waals surface area contributed by atoms with Crippen LogP contribution in [0.5, 0.6) is 0 Å². The zero-order valence-corrected chi connectivity index (χ0v) is 17.7. The first-order valence-corrected chi connectivity index (χ1v) is 11.1. The summed E-state index contributed by atoms with van der Waals surface area (Å²) in [5.41, 5.74) is 2.35. The van der Waals surface area contributed by atoms with Crippen molar-refractivity contribution in [3.8, 4) is 5.69 Å². The Morgan fingerprint density at radius 1 is 1.00 bits per heavy atom. The van der Waals surface area contributed by atoms with Gasteiger partial charge in [0.2, 0.25) is 10.0 Å². The van der Waals surface area contributed by atoms with Crippen LogP contribution in [0, 0.1) is 19.7 Å². The number of aromatic nitrogens is 4. The van der Waals surface area contributed by atoms with E-state index < -0.39 is 10.0 Å². The molecule has 4 rings (SSSR count). The average molecular weight is 431 g/mol. The second-order valence-corrected chi connectivity index (χ2v) is 9.34. The molecule has 2 aromatic carbocycles. The van der Waals surface area contributed by atoms with Gasteiger partial charge in [-0.15, -0.1) is 5.10 Å². The van der Waals surface area contributed by atoms with Crippen LogP contribution in [0.15, 0.2) is 47.4 Å². The number of sulfonamides is 1. The van der Waals surface area contributed by atoms with Gasteiger partial charge >= 0.3 is 0 Å². The lowest BCUT2D eigenvalue weighted by atomic mass is 10.2. The summed E-state index contributed by atoms with van der Waals surface area (Å²) in [4.78, 5) is 2.48. The van der Waals surface area contributed by atoms with Gasteiger partial charge in [-0.2, -0.15) is 8.99 Å². The van der Waals surface area contributed by atoms with Crippen LogP contribution < -0.4 is 0 Å². The molecule has 1 aliphatic heterocycles. The zero-order chi connectivity index (χ0) is 21.3. The fraction of sp³-hybridized carbons (Fsp3) is 0.350. The fourth-order valence-corrected chi connectivity index (χ4v) is 5.27. The average Bonchev–Trinajstić information content (AvgIpc) is 3.19. The van der Waals surface area contributed by atoms with E-state index in [4.69, 9.17) is 0 Å². The van der Waals surface area contributed by atoms with Gasteiger partial charge in [0.1, 0.15) is 5.82 Å². The summed E-state index contributed by atoms with van der Waals surface area (Å²) in [6, 6.07) is 11.4. The van der Waals surface area contributed by atoms with Crippen LogP contribution in [0.1, 0.15) is 17.0 Å².